The predicted octanol–water partition coefficient (Wildman–Crippen LogP) is 2.68. The molecule has 2 heterocycles. The molecule has 1 saturated heterocycles. The maximum Gasteiger partial charge on any atom is 0.331 e. The molecule has 0 radical (unpaired) electrons. The zero-order valence-corrected chi connectivity index (χ0v) is 14.8. The van der Waals surface area contributed by atoms with Crippen LogP contribution in [0.2, 0.25) is 0 Å². The van der Waals surface area contributed by atoms with Gasteiger partial charge in [0.2, 0.25) is 0 Å². The summed E-state index contributed by atoms with van der Waals surface area (Å²) in [4.78, 5) is 38.7. The Hall–Kier alpha value is -3.33. The summed E-state index contributed by atoms with van der Waals surface area (Å²) in [5.74, 6) is 1.42. The number of carbonyl (C=O) groups is 3. The minimum absolute atomic E-state index is 0.0230. The lowest BCUT2D eigenvalue weighted by molar-refractivity contribution is -0.131. The van der Waals surface area contributed by atoms with Gasteiger partial charge >= 0.3 is 6.03 Å². The molecule has 0 spiro atoms. The van der Waals surface area contributed by atoms with E-state index in [9.17, 15) is 14.4 Å². The minimum Gasteiger partial charge on any atom is -0.335 e. The second-order valence-corrected chi connectivity index (χ2v) is 6.86. The maximum absolute atomic E-state index is 12.9. The van der Waals surface area contributed by atoms with Gasteiger partial charge < -0.3 is 4.57 Å². The van der Waals surface area contributed by atoms with Crippen molar-refractivity contribution in [1.82, 2.24) is 14.8 Å². The third kappa shape index (κ3) is 2.91. The van der Waals surface area contributed by atoms with Crippen LogP contribution < -0.4 is 5.32 Å². The average molecular weight is 361 g/mol. The largest absolute Gasteiger partial charge is 0.335 e. The molecule has 1 aliphatic carbocycles. The Morgan fingerprint density at radius 1 is 1.19 bits per heavy atom. The van der Waals surface area contributed by atoms with E-state index in [-0.39, 0.29) is 11.6 Å². The van der Waals surface area contributed by atoms with Gasteiger partial charge in [-0.25, -0.2) is 4.79 Å². The van der Waals surface area contributed by atoms with Crippen molar-refractivity contribution in [2.75, 3.05) is 0 Å². The van der Waals surface area contributed by atoms with E-state index < -0.39 is 17.8 Å². The van der Waals surface area contributed by atoms with Gasteiger partial charge in [-0.3, -0.25) is 19.8 Å². The van der Waals surface area contributed by atoms with Crippen molar-refractivity contribution < 1.29 is 14.4 Å². The number of amides is 4. The summed E-state index contributed by atoms with van der Waals surface area (Å²) in [5, 5.41) is 3.20. The molecule has 1 aromatic carbocycles. The molecule has 2 aromatic rings. The summed E-state index contributed by atoms with van der Waals surface area (Å²) in [7, 11) is 0. The quantitative estimate of drug-likeness (QED) is 0.519. The number of nitrogens with one attached hydrogen (secondary N) is 1. The number of urea groups is 1. The SMILES string of the molecule is C#CCn1cc(/C=C2\C(=O)NC(=O)N(C3CCCC3)C2=O)c2ccccc21. The van der Waals surface area contributed by atoms with Gasteiger partial charge in [-0.2, -0.15) is 0 Å². The summed E-state index contributed by atoms with van der Waals surface area (Å²) >= 11 is 0. The van der Waals surface area contributed by atoms with Crippen LogP contribution >= 0.6 is 0 Å². The normalized spacial score (nSPS) is 19.7. The van der Waals surface area contributed by atoms with E-state index in [1.807, 2.05) is 35.0 Å². The highest BCUT2D eigenvalue weighted by molar-refractivity contribution is 6.31. The number of nitrogens with zero attached hydrogens (tertiary/aromatic N) is 2. The number of para-hydroxylation sites is 1. The van der Waals surface area contributed by atoms with Gasteiger partial charge in [0.05, 0.1) is 6.54 Å². The Morgan fingerprint density at radius 3 is 2.67 bits per heavy atom. The van der Waals surface area contributed by atoms with Crippen LogP contribution in [0.25, 0.3) is 17.0 Å². The Balaban J connectivity index is 1.77. The number of barbiturate groups is 1. The van der Waals surface area contributed by atoms with Crippen molar-refractivity contribution in [2.45, 2.75) is 38.3 Å². The van der Waals surface area contributed by atoms with Gasteiger partial charge in [0.15, 0.2) is 0 Å². The van der Waals surface area contributed by atoms with Crippen LogP contribution in [0.15, 0.2) is 36.0 Å². The number of imide groups is 2. The number of terminal acetylenes is 1. The summed E-state index contributed by atoms with van der Waals surface area (Å²) in [6, 6.07) is 6.89. The van der Waals surface area contributed by atoms with Gasteiger partial charge in [-0.15, -0.1) is 6.42 Å². The van der Waals surface area contributed by atoms with Crippen molar-refractivity contribution in [1.29, 1.82) is 0 Å². The molecule has 0 atom stereocenters. The molecule has 0 unspecified atom stereocenters. The summed E-state index contributed by atoms with van der Waals surface area (Å²) in [6.45, 7) is 0.385. The first-order chi connectivity index (χ1) is 13.1. The third-order valence-corrected chi connectivity index (χ3v) is 5.20. The molecule has 4 amide bonds. The number of rotatable bonds is 3. The molecule has 2 aliphatic rings. The Kier molecular flexibility index (Phi) is 4.28. The van der Waals surface area contributed by atoms with Gasteiger partial charge in [-0.1, -0.05) is 37.0 Å². The molecular weight excluding hydrogens is 342 g/mol. The first-order valence-corrected chi connectivity index (χ1v) is 9.02. The Morgan fingerprint density at radius 2 is 1.93 bits per heavy atom. The average Bonchev–Trinajstić information content (AvgIpc) is 3.28. The van der Waals surface area contributed by atoms with Crippen LogP contribution in [-0.4, -0.2) is 33.4 Å². The van der Waals surface area contributed by atoms with Crippen molar-refractivity contribution in [2.24, 2.45) is 0 Å². The van der Waals surface area contributed by atoms with Crippen LogP contribution in [0, 0.1) is 12.3 Å². The zero-order valence-electron chi connectivity index (χ0n) is 14.8. The summed E-state index contributed by atoms with van der Waals surface area (Å²) < 4.78 is 1.90. The topological polar surface area (TPSA) is 71.4 Å². The van der Waals surface area contributed by atoms with E-state index in [4.69, 9.17) is 6.42 Å². The van der Waals surface area contributed by atoms with Gasteiger partial charge in [0.25, 0.3) is 11.8 Å². The first kappa shape index (κ1) is 17.1. The number of hydrogen-bond donors (Lipinski definition) is 1. The zero-order chi connectivity index (χ0) is 19.0. The highest BCUT2D eigenvalue weighted by atomic mass is 16.2. The fraction of sp³-hybridized carbons (Fsp3) is 0.286. The summed E-state index contributed by atoms with van der Waals surface area (Å²) in [5.41, 5.74) is 1.62. The fourth-order valence-corrected chi connectivity index (χ4v) is 3.94. The van der Waals surface area contributed by atoms with E-state index in [1.165, 1.54) is 4.90 Å². The van der Waals surface area contributed by atoms with E-state index in [2.05, 4.69) is 11.2 Å². The maximum atomic E-state index is 12.9. The highest BCUT2D eigenvalue weighted by Gasteiger charge is 2.40. The second kappa shape index (κ2) is 6.76. The lowest BCUT2D eigenvalue weighted by Crippen LogP contribution is -2.57. The predicted molar refractivity (Wildman–Crippen MR) is 101 cm³/mol. The van der Waals surface area contributed by atoms with Crippen molar-refractivity contribution in [3.05, 3.63) is 41.6 Å². The van der Waals surface area contributed by atoms with E-state index >= 15 is 0 Å². The van der Waals surface area contributed by atoms with Crippen LogP contribution in [0.1, 0.15) is 31.2 Å². The standard InChI is InChI=1S/C21H19N3O3/c1-2-11-23-13-14(16-9-5-6-10-18(16)23)12-17-19(25)22-21(27)24(20(17)26)15-7-3-4-8-15/h1,5-6,9-10,12-13,15H,3-4,7-8,11H2,(H,22,25,27)/b17-12+. The molecule has 0 bridgehead atoms. The molecule has 1 N–H and O–H groups in total. The van der Waals surface area contributed by atoms with Crippen LogP contribution in [-0.2, 0) is 16.1 Å². The van der Waals surface area contributed by atoms with E-state index in [1.54, 1.807) is 6.08 Å². The third-order valence-electron chi connectivity index (χ3n) is 5.20. The molecule has 1 aromatic heterocycles. The molecule has 2 fully saturated rings. The van der Waals surface area contributed by atoms with Gasteiger partial charge in [0, 0.05) is 28.7 Å². The molecular formula is C21H19N3O3. The number of carbonyl (C=O) groups excluding carboxylic acids is 3. The molecule has 6 nitrogen and oxygen atoms in total. The van der Waals surface area contributed by atoms with Crippen LogP contribution in [0.3, 0.4) is 0 Å². The molecule has 27 heavy (non-hydrogen) atoms. The summed E-state index contributed by atoms with van der Waals surface area (Å²) in [6.07, 6.45) is 12.3. The molecule has 136 valence electrons. The number of aromatic nitrogens is 1. The highest BCUT2D eigenvalue weighted by Crippen LogP contribution is 2.29. The Labute approximate surface area is 156 Å². The molecule has 1 saturated carbocycles. The number of fused-ring (bicyclic) bond motifs is 1. The van der Waals surface area contributed by atoms with Crippen LogP contribution in [0.5, 0.6) is 0 Å². The van der Waals surface area contributed by atoms with Crippen LogP contribution in [0.4, 0.5) is 4.79 Å². The molecule has 6 heteroatoms. The van der Waals surface area contributed by atoms with Crippen molar-refractivity contribution in [3.63, 3.8) is 0 Å². The second-order valence-electron chi connectivity index (χ2n) is 6.86. The van der Waals surface area contributed by atoms with E-state index in [0.29, 0.717) is 6.54 Å². The lowest BCUT2D eigenvalue weighted by atomic mass is 10.0. The van der Waals surface area contributed by atoms with Crippen molar-refractivity contribution in [3.8, 4) is 12.3 Å². The molecule has 4 rings (SSSR count). The number of benzene rings is 1. The monoisotopic (exact) mass is 361 g/mol. The van der Waals surface area contributed by atoms with Gasteiger partial charge in [-0.05, 0) is 25.0 Å². The Bertz CT molecular complexity index is 1020. The van der Waals surface area contributed by atoms with E-state index in [0.717, 1.165) is 42.1 Å². The molecule has 1 aliphatic heterocycles. The first-order valence-electron chi connectivity index (χ1n) is 9.02. The fourth-order valence-electron chi connectivity index (χ4n) is 3.94. The minimum atomic E-state index is -0.659. The number of hydrogen-bond acceptors (Lipinski definition) is 3. The lowest BCUT2D eigenvalue weighted by Gasteiger charge is -2.31. The van der Waals surface area contributed by atoms with Crippen molar-refractivity contribution >= 4 is 34.8 Å². The smallest absolute Gasteiger partial charge is 0.331 e. The van der Waals surface area contributed by atoms with Gasteiger partial charge in [0.1, 0.15) is 5.57 Å².